The van der Waals surface area contributed by atoms with Crippen LogP contribution in [0, 0.1) is 5.82 Å². The van der Waals surface area contributed by atoms with Crippen LogP contribution < -0.4 is 20.7 Å². The van der Waals surface area contributed by atoms with Gasteiger partial charge in [-0.25, -0.2) is 4.39 Å². The van der Waals surface area contributed by atoms with Gasteiger partial charge in [0, 0.05) is 11.4 Å². The summed E-state index contributed by atoms with van der Waals surface area (Å²) in [6.45, 7) is -1.22. The summed E-state index contributed by atoms with van der Waals surface area (Å²) in [7, 11) is 0. The Morgan fingerprint density at radius 3 is 2.39 bits per heavy atom. The van der Waals surface area contributed by atoms with Crippen molar-refractivity contribution in [2.75, 3.05) is 5.32 Å². The Hall–Kier alpha value is -3.07. The average Bonchev–Trinajstić information content (AvgIpc) is 2.63. The molecule has 1 atom stereocenters. The van der Waals surface area contributed by atoms with E-state index < -0.39 is 24.4 Å². The lowest BCUT2D eigenvalue weighted by atomic mass is 9.95. The first-order valence-corrected chi connectivity index (χ1v) is 8.64. The molecule has 0 aliphatic carbocycles. The Balaban J connectivity index is 1.87. The summed E-state index contributed by atoms with van der Waals surface area (Å²) in [6, 6.07) is 10.7. The normalized spacial score (nSPS) is 16.5. The van der Waals surface area contributed by atoms with E-state index in [1.54, 1.807) is 19.1 Å². The number of ether oxygens (including phenoxy) is 1. The van der Waals surface area contributed by atoms with Gasteiger partial charge < -0.3 is 20.7 Å². The van der Waals surface area contributed by atoms with Crippen LogP contribution >= 0.6 is 12.2 Å². The smallest absolute Gasteiger partial charge is 0.387 e. The van der Waals surface area contributed by atoms with E-state index >= 15 is 0 Å². The summed E-state index contributed by atoms with van der Waals surface area (Å²) in [6.07, 6.45) is 0. The van der Waals surface area contributed by atoms with Crippen LogP contribution in [0.5, 0.6) is 5.75 Å². The second-order valence-corrected chi connectivity index (χ2v) is 6.39. The number of carbonyl (C=O) groups is 1. The van der Waals surface area contributed by atoms with Gasteiger partial charge in [-0.1, -0.05) is 12.1 Å². The van der Waals surface area contributed by atoms with Crippen LogP contribution in [0.1, 0.15) is 18.5 Å². The minimum absolute atomic E-state index is 0.00766. The zero-order chi connectivity index (χ0) is 20.3. The molecule has 0 spiro atoms. The molecule has 0 aromatic heterocycles. The van der Waals surface area contributed by atoms with E-state index in [0.717, 1.165) is 0 Å². The van der Waals surface area contributed by atoms with Crippen molar-refractivity contribution < 1.29 is 22.7 Å². The fourth-order valence-corrected chi connectivity index (χ4v) is 3.09. The van der Waals surface area contributed by atoms with Gasteiger partial charge >= 0.3 is 6.61 Å². The zero-order valence-corrected chi connectivity index (χ0v) is 15.4. The molecule has 1 heterocycles. The lowest BCUT2D eigenvalue weighted by molar-refractivity contribution is -0.113. The van der Waals surface area contributed by atoms with Gasteiger partial charge in [0.15, 0.2) is 5.11 Å². The van der Waals surface area contributed by atoms with Gasteiger partial charge in [0.25, 0.3) is 5.91 Å². The van der Waals surface area contributed by atoms with Gasteiger partial charge in [-0.3, -0.25) is 4.79 Å². The quantitative estimate of drug-likeness (QED) is 0.657. The maximum Gasteiger partial charge on any atom is 0.387 e. The van der Waals surface area contributed by atoms with E-state index in [2.05, 4.69) is 20.7 Å². The van der Waals surface area contributed by atoms with Gasteiger partial charge in [0.2, 0.25) is 0 Å². The molecule has 146 valence electrons. The molecule has 3 N–H and O–H groups in total. The largest absolute Gasteiger partial charge is 0.435 e. The first kappa shape index (κ1) is 19.7. The standard InChI is InChI=1S/C19H16F3N3O2S/c1-10-15(17(26)24-13-6-4-12(20)5-7-13)16(25-19(28)23-10)11-2-8-14(9-3-11)27-18(21)22/h2-9,16,18H,1H3,(H,24,26)(H2,23,25,28). The van der Waals surface area contributed by atoms with E-state index in [1.807, 2.05) is 0 Å². The fraction of sp³-hybridized carbons (Fsp3) is 0.158. The molecule has 9 heteroatoms. The van der Waals surface area contributed by atoms with Crippen molar-refractivity contribution >= 4 is 28.9 Å². The van der Waals surface area contributed by atoms with Crippen molar-refractivity contribution in [1.29, 1.82) is 0 Å². The molecule has 5 nitrogen and oxygen atoms in total. The molecule has 1 amide bonds. The van der Waals surface area contributed by atoms with Crippen LogP contribution in [0.3, 0.4) is 0 Å². The number of alkyl halides is 2. The van der Waals surface area contributed by atoms with Crippen molar-refractivity contribution in [3.63, 3.8) is 0 Å². The predicted molar refractivity (Wildman–Crippen MR) is 102 cm³/mol. The number of amides is 1. The lowest BCUT2D eigenvalue weighted by Crippen LogP contribution is -2.45. The molecule has 0 bridgehead atoms. The van der Waals surface area contributed by atoms with Gasteiger partial charge in [-0.2, -0.15) is 8.78 Å². The topological polar surface area (TPSA) is 62.4 Å². The van der Waals surface area contributed by atoms with Gasteiger partial charge in [0.05, 0.1) is 11.6 Å². The number of allylic oxidation sites excluding steroid dienone is 1. The molecule has 3 rings (SSSR count). The molecule has 28 heavy (non-hydrogen) atoms. The zero-order valence-electron chi connectivity index (χ0n) is 14.6. The van der Waals surface area contributed by atoms with E-state index in [-0.39, 0.29) is 5.75 Å². The fourth-order valence-electron chi connectivity index (χ4n) is 2.82. The number of hydrogen-bond donors (Lipinski definition) is 3. The first-order chi connectivity index (χ1) is 13.3. The van der Waals surface area contributed by atoms with Crippen LogP contribution in [0.25, 0.3) is 0 Å². The molecule has 0 fully saturated rings. The second-order valence-electron chi connectivity index (χ2n) is 5.98. The lowest BCUT2D eigenvalue weighted by Gasteiger charge is -2.30. The van der Waals surface area contributed by atoms with Crippen LogP contribution in [0.4, 0.5) is 18.9 Å². The summed E-state index contributed by atoms with van der Waals surface area (Å²) < 4.78 is 42.1. The van der Waals surface area contributed by atoms with Crippen LogP contribution in [0.2, 0.25) is 0 Å². The highest BCUT2D eigenvalue weighted by molar-refractivity contribution is 7.80. The summed E-state index contributed by atoms with van der Waals surface area (Å²) in [5.74, 6) is -0.818. The predicted octanol–water partition coefficient (Wildman–Crippen LogP) is 3.86. The molecule has 0 saturated carbocycles. The summed E-state index contributed by atoms with van der Waals surface area (Å²) in [5, 5.41) is 8.94. The molecule has 1 aliphatic rings. The van der Waals surface area contributed by atoms with Crippen LogP contribution in [-0.4, -0.2) is 17.6 Å². The SMILES string of the molecule is CC1=C(C(=O)Nc2ccc(F)cc2)C(c2ccc(OC(F)F)cc2)NC(=S)N1. The third kappa shape index (κ3) is 4.61. The van der Waals surface area contributed by atoms with E-state index in [0.29, 0.717) is 27.6 Å². The average molecular weight is 407 g/mol. The van der Waals surface area contributed by atoms with E-state index in [1.165, 1.54) is 36.4 Å². The van der Waals surface area contributed by atoms with Crippen molar-refractivity contribution in [2.24, 2.45) is 0 Å². The monoisotopic (exact) mass is 407 g/mol. The van der Waals surface area contributed by atoms with Crippen molar-refractivity contribution in [2.45, 2.75) is 19.6 Å². The highest BCUT2D eigenvalue weighted by Crippen LogP contribution is 2.29. The number of hydrogen-bond acceptors (Lipinski definition) is 3. The summed E-state index contributed by atoms with van der Waals surface area (Å²) in [5.41, 5.74) is 1.97. The van der Waals surface area contributed by atoms with E-state index in [9.17, 15) is 18.0 Å². The third-order valence-electron chi connectivity index (χ3n) is 4.05. The molecule has 2 aromatic rings. The molecular formula is C19H16F3N3O2S. The highest BCUT2D eigenvalue weighted by Gasteiger charge is 2.30. The van der Waals surface area contributed by atoms with Crippen molar-refractivity contribution in [3.8, 4) is 5.75 Å². The second kappa shape index (κ2) is 8.30. The third-order valence-corrected chi connectivity index (χ3v) is 4.27. The van der Waals surface area contributed by atoms with E-state index in [4.69, 9.17) is 12.2 Å². The maximum absolute atomic E-state index is 13.1. The van der Waals surface area contributed by atoms with Crippen molar-refractivity contribution in [3.05, 3.63) is 71.2 Å². The summed E-state index contributed by atoms with van der Waals surface area (Å²) in [4.78, 5) is 12.9. The number of benzene rings is 2. The number of halogens is 3. The number of nitrogens with one attached hydrogen (secondary N) is 3. The Morgan fingerprint density at radius 1 is 1.14 bits per heavy atom. The van der Waals surface area contributed by atoms with Gasteiger partial charge in [-0.15, -0.1) is 0 Å². The Morgan fingerprint density at radius 2 is 1.79 bits per heavy atom. The van der Waals surface area contributed by atoms with Crippen molar-refractivity contribution in [1.82, 2.24) is 10.6 Å². The number of rotatable bonds is 5. The molecule has 1 aliphatic heterocycles. The molecule has 0 radical (unpaired) electrons. The number of carbonyl (C=O) groups excluding carboxylic acids is 1. The molecule has 2 aromatic carbocycles. The minimum atomic E-state index is -2.92. The highest BCUT2D eigenvalue weighted by atomic mass is 32.1. The Kier molecular flexibility index (Phi) is 5.84. The molecular weight excluding hydrogens is 391 g/mol. The number of thiocarbonyl (C=S) groups is 1. The summed E-state index contributed by atoms with van der Waals surface area (Å²) >= 11 is 5.17. The van der Waals surface area contributed by atoms with Crippen LogP contribution in [0.15, 0.2) is 59.8 Å². The minimum Gasteiger partial charge on any atom is -0.435 e. The van der Waals surface area contributed by atoms with Gasteiger partial charge in [-0.05, 0) is 61.1 Å². The maximum atomic E-state index is 13.1. The molecule has 1 unspecified atom stereocenters. The van der Waals surface area contributed by atoms with Crippen LogP contribution in [-0.2, 0) is 4.79 Å². The number of anilines is 1. The first-order valence-electron chi connectivity index (χ1n) is 8.23. The Labute approximate surface area is 164 Å². The molecule has 0 saturated heterocycles. The Bertz CT molecular complexity index is 915. The van der Waals surface area contributed by atoms with Gasteiger partial charge in [0.1, 0.15) is 11.6 Å².